The zero-order chi connectivity index (χ0) is 14.7. The van der Waals surface area contributed by atoms with Gasteiger partial charge in [-0.15, -0.1) is 5.10 Å². The standard InChI is InChI=1S/C14H18BrN5S/c15-11-7-5-10(6-8-11)13(9-16)21-14-17-18-19-20(14)12-3-1-2-4-12/h5-8,12-13H,1-4,9,16H2. The van der Waals surface area contributed by atoms with Gasteiger partial charge >= 0.3 is 0 Å². The van der Waals surface area contributed by atoms with Crippen molar-refractivity contribution in [1.29, 1.82) is 0 Å². The fourth-order valence-corrected chi connectivity index (χ4v) is 3.98. The fourth-order valence-electron chi connectivity index (χ4n) is 2.70. The van der Waals surface area contributed by atoms with E-state index in [0.29, 0.717) is 12.6 Å². The van der Waals surface area contributed by atoms with Gasteiger partial charge in [0.1, 0.15) is 0 Å². The van der Waals surface area contributed by atoms with Gasteiger partial charge in [-0.25, -0.2) is 4.68 Å². The summed E-state index contributed by atoms with van der Waals surface area (Å²) in [5.41, 5.74) is 7.15. The highest BCUT2D eigenvalue weighted by Crippen LogP contribution is 2.37. The molecule has 2 aromatic rings. The highest BCUT2D eigenvalue weighted by Gasteiger charge is 2.23. The molecule has 1 aliphatic carbocycles. The summed E-state index contributed by atoms with van der Waals surface area (Å²) in [6.45, 7) is 0.559. The molecule has 1 aliphatic rings. The fraction of sp³-hybridized carbons (Fsp3) is 0.500. The minimum atomic E-state index is 0.171. The van der Waals surface area contributed by atoms with Crippen LogP contribution in [0.2, 0.25) is 0 Å². The Bertz CT molecular complexity index is 579. The predicted octanol–water partition coefficient (Wildman–Crippen LogP) is 3.34. The SMILES string of the molecule is NCC(Sc1nnnn1C1CCCC1)c1ccc(Br)cc1. The number of rotatable bonds is 5. The van der Waals surface area contributed by atoms with E-state index < -0.39 is 0 Å². The van der Waals surface area contributed by atoms with E-state index in [1.807, 2.05) is 16.8 Å². The number of nitrogens with zero attached hydrogens (tertiary/aromatic N) is 4. The first kappa shape index (κ1) is 15.0. The maximum Gasteiger partial charge on any atom is 0.210 e. The Morgan fingerprint density at radius 3 is 2.67 bits per heavy atom. The maximum atomic E-state index is 5.95. The molecule has 0 saturated heterocycles. The van der Waals surface area contributed by atoms with E-state index in [2.05, 4.69) is 43.6 Å². The summed E-state index contributed by atoms with van der Waals surface area (Å²) in [4.78, 5) is 0. The Morgan fingerprint density at radius 1 is 1.29 bits per heavy atom. The summed E-state index contributed by atoms with van der Waals surface area (Å²) in [6, 6.07) is 8.72. The average molecular weight is 368 g/mol. The van der Waals surface area contributed by atoms with Gasteiger partial charge in [0, 0.05) is 16.3 Å². The van der Waals surface area contributed by atoms with Gasteiger partial charge in [-0.1, -0.05) is 52.7 Å². The van der Waals surface area contributed by atoms with Gasteiger partial charge in [-0.2, -0.15) is 0 Å². The molecule has 3 rings (SSSR count). The van der Waals surface area contributed by atoms with E-state index >= 15 is 0 Å². The molecule has 1 aromatic carbocycles. The van der Waals surface area contributed by atoms with Crippen molar-refractivity contribution in [2.24, 2.45) is 5.73 Å². The molecule has 2 N–H and O–H groups in total. The van der Waals surface area contributed by atoms with Crippen LogP contribution < -0.4 is 5.73 Å². The van der Waals surface area contributed by atoms with Crippen LogP contribution in [0.25, 0.3) is 0 Å². The molecule has 1 aromatic heterocycles. The van der Waals surface area contributed by atoms with Crippen molar-refractivity contribution >= 4 is 27.7 Å². The normalized spacial score (nSPS) is 17.2. The van der Waals surface area contributed by atoms with Crippen molar-refractivity contribution in [2.45, 2.75) is 42.1 Å². The first-order valence-corrected chi connectivity index (χ1v) is 8.85. The lowest BCUT2D eigenvalue weighted by Crippen LogP contribution is -2.13. The minimum absolute atomic E-state index is 0.171. The van der Waals surface area contributed by atoms with E-state index in [1.165, 1.54) is 31.2 Å². The van der Waals surface area contributed by atoms with Gasteiger partial charge in [0.25, 0.3) is 0 Å². The summed E-state index contributed by atoms with van der Waals surface area (Å²) in [5, 5.41) is 13.3. The molecule has 0 amide bonds. The van der Waals surface area contributed by atoms with Crippen molar-refractivity contribution in [1.82, 2.24) is 20.2 Å². The van der Waals surface area contributed by atoms with Crippen LogP contribution in [-0.2, 0) is 0 Å². The summed E-state index contributed by atoms with van der Waals surface area (Å²) in [7, 11) is 0. The lowest BCUT2D eigenvalue weighted by atomic mass is 10.1. The largest absolute Gasteiger partial charge is 0.329 e. The molecule has 1 unspecified atom stereocenters. The molecule has 21 heavy (non-hydrogen) atoms. The van der Waals surface area contributed by atoms with Crippen LogP contribution in [0, 0.1) is 0 Å². The molecule has 1 fully saturated rings. The van der Waals surface area contributed by atoms with Gasteiger partial charge in [0.2, 0.25) is 5.16 Å². The van der Waals surface area contributed by atoms with E-state index in [9.17, 15) is 0 Å². The highest BCUT2D eigenvalue weighted by molar-refractivity contribution is 9.10. The third-order valence-electron chi connectivity index (χ3n) is 3.84. The molecule has 0 aliphatic heterocycles. The zero-order valence-electron chi connectivity index (χ0n) is 11.7. The summed E-state index contributed by atoms with van der Waals surface area (Å²) >= 11 is 5.11. The number of halogens is 1. The summed E-state index contributed by atoms with van der Waals surface area (Å²) in [6.07, 6.45) is 4.87. The van der Waals surface area contributed by atoms with Gasteiger partial charge in [-0.05, 0) is 41.0 Å². The smallest absolute Gasteiger partial charge is 0.210 e. The van der Waals surface area contributed by atoms with E-state index in [-0.39, 0.29) is 5.25 Å². The van der Waals surface area contributed by atoms with Crippen LogP contribution in [0.15, 0.2) is 33.9 Å². The Morgan fingerprint density at radius 2 is 2.00 bits per heavy atom. The first-order chi connectivity index (χ1) is 10.3. The van der Waals surface area contributed by atoms with Crippen LogP contribution in [-0.4, -0.2) is 26.8 Å². The molecule has 112 valence electrons. The quantitative estimate of drug-likeness (QED) is 0.820. The molecule has 0 radical (unpaired) electrons. The number of hydrogen-bond donors (Lipinski definition) is 1. The molecule has 1 heterocycles. The van der Waals surface area contributed by atoms with Gasteiger partial charge in [0.05, 0.1) is 6.04 Å². The number of thioether (sulfide) groups is 1. The molecule has 7 heteroatoms. The third-order valence-corrected chi connectivity index (χ3v) is 5.59. The second-order valence-electron chi connectivity index (χ2n) is 5.24. The number of hydrogen-bond acceptors (Lipinski definition) is 5. The Kier molecular flexibility index (Phi) is 4.92. The van der Waals surface area contributed by atoms with Crippen molar-refractivity contribution in [2.75, 3.05) is 6.54 Å². The first-order valence-electron chi connectivity index (χ1n) is 7.18. The molecule has 0 bridgehead atoms. The number of aromatic nitrogens is 4. The summed E-state index contributed by atoms with van der Waals surface area (Å²) in [5.74, 6) is 0. The highest BCUT2D eigenvalue weighted by atomic mass is 79.9. The van der Waals surface area contributed by atoms with Gasteiger partial charge < -0.3 is 5.73 Å². The van der Waals surface area contributed by atoms with Gasteiger partial charge in [-0.3, -0.25) is 0 Å². The zero-order valence-corrected chi connectivity index (χ0v) is 14.1. The van der Waals surface area contributed by atoms with Crippen LogP contribution in [0.3, 0.4) is 0 Å². The molecule has 1 saturated carbocycles. The van der Waals surface area contributed by atoms with Crippen LogP contribution >= 0.6 is 27.7 Å². The number of nitrogens with two attached hydrogens (primary N) is 1. The topological polar surface area (TPSA) is 69.6 Å². The Labute approximate surface area is 136 Å². The maximum absolute atomic E-state index is 5.95. The molecule has 5 nitrogen and oxygen atoms in total. The second-order valence-corrected chi connectivity index (χ2v) is 7.32. The summed E-state index contributed by atoms with van der Waals surface area (Å²) < 4.78 is 3.06. The molecule has 0 spiro atoms. The van der Waals surface area contributed by atoms with E-state index in [0.717, 1.165) is 9.63 Å². The monoisotopic (exact) mass is 367 g/mol. The predicted molar refractivity (Wildman–Crippen MR) is 87.1 cm³/mol. The third kappa shape index (κ3) is 3.46. The number of tetrazole rings is 1. The van der Waals surface area contributed by atoms with E-state index in [4.69, 9.17) is 5.73 Å². The van der Waals surface area contributed by atoms with Crippen LogP contribution in [0.1, 0.15) is 42.5 Å². The lowest BCUT2D eigenvalue weighted by molar-refractivity contribution is 0.422. The number of benzene rings is 1. The molecule has 1 atom stereocenters. The molecular weight excluding hydrogens is 350 g/mol. The Hall–Kier alpha value is -0.920. The molecular formula is C14H18BrN5S. The average Bonchev–Trinajstić information content (AvgIpc) is 3.16. The van der Waals surface area contributed by atoms with Crippen LogP contribution in [0.4, 0.5) is 0 Å². The second kappa shape index (κ2) is 6.89. The Balaban J connectivity index is 1.78. The minimum Gasteiger partial charge on any atom is -0.329 e. The van der Waals surface area contributed by atoms with E-state index in [1.54, 1.807) is 11.8 Å². The van der Waals surface area contributed by atoms with Crippen molar-refractivity contribution < 1.29 is 0 Å². The van der Waals surface area contributed by atoms with Crippen molar-refractivity contribution in [3.05, 3.63) is 34.3 Å². The lowest BCUT2D eigenvalue weighted by Gasteiger charge is -2.16. The van der Waals surface area contributed by atoms with Crippen molar-refractivity contribution in [3.8, 4) is 0 Å². The van der Waals surface area contributed by atoms with Crippen LogP contribution in [0.5, 0.6) is 0 Å². The van der Waals surface area contributed by atoms with Gasteiger partial charge in [0.15, 0.2) is 0 Å². The van der Waals surface area contributed by atoms with Crippen molar-refractivity contribution in [3.63, 3.8) is 0 Å².